The minimum atomic E-state index is -0.685. The number of esters is 1. The van der Waals surface area contributed by atoms with Crippen molar-refractivity contribution in [3.05, 3.63) is 39.6 Å². The van der Waals surface area contributed by atoms with Gasteiger partial charge in [0.2, 0.25) is 0 Å². The van der Waals surface area contributed by atoms with Crippen molar-refractivity contribution in [2.75, 3.05) is 6.61 Å². The summed E-state index contributed by atoms with van der Waals surface area (Å²) in [6.07, 6.45) is 1.35. The van der Waals surface area contributed by atoms with Crippen molar-refractivity contribution in [3.8, 4) is 6.07 Å². The molecular formula is C12H9BrFNO2. The van der Waals surface area contributed by atoms with Crippen molar-refractivity contribution < 1.29 is 13.9 Å². The Kier molecular flexibility index (Phi) is 4.85. The van der Waals surface area contributed by atoms with Crippen LogP contribution in [0.15, 0.2) is 28.2 Å². The summed E-state index contributed by atoms with van der Waals surface area (Å²) < 4.78 is 17.9. The van der Waals surface area contributed by atoms with Gasteiger partial charge in [-0.15, -0.1) is 0 Å². The number of carbonyl (C=O) groups is 1. The Bertz CT molecular complexity index is 506. The number of rotatable bonds is 3. The summed E-state index contributed by atoms with van der Waals surface area (Å²) in [5.74, 6) is -1.09. The van der Waals surface area contributed by atoms with Gasteiger partial charge in [-0.3, -0.25) is 0 Å². The fraction of sp³-hybridized carbons (Fsp3) is 0.167. The minimum Gasteiger partial charge on any atom is -0.462 e. The Morgan fingerprint density at radius 1 is 1.65 bits per heavy atom. The number of nitriles is 1. The number of benzene rings is 1. The highest BCUT2D eigenvalue weighted by atomic mass is 79.9. The van der Waals surface area contributed by atoms with Crippen molar-refractivity contribution in [1.82, 2.24) is 0 Å². The topological polar surface area (TPSA) is 50.1 Å². The summed E-state index contributed by atoms with van der Waals surface area (Å²) in [6.45, 7) is 1.85. The second-order valence-electron chi connectivity index (χ2n) is 3.06. The van der Waals surface area contributed by atoms with E-state index in [0.717, 1.165) is 0 Å². The SMILES string of the molecule is CCOC(=O)/C(C#N)=C/c1ccc(F)c(Br)c1. The summed E-state index contributed by atoms with van der Waals surface area (Å²) in [7, 11) is 0. The lowest BCUT2D eigenvalue weighted by atomic mass is 10.1. The summed E-state index contributed by atoms with van der Waals surface area (Å²) >= 11 is 3.02. The van der Waals surface area contributed by atoms with E-state index >= 15 is 0 Å². The maximum absolute atomic E-state index is 13.0. The zero-order chi connectivity index (χ0) is 12.8. The third-order valence-corrected chi connectivity index (χ3v) is 2.48. The lowest BCUT2D eigenvalue weighted by Gasteiger charge is -2.00. The first-order chi connectivity index (χ1) is 8.08. The first-order valence-corrected chi connectivity index (χ1v) is 5.61. The quantitative estimate of drug-likeness (QED) is 0.489. The van der Waals surface area contributed by atoms with Crippen molar-refractivity contribution in [2.45, 2.75) is 6.92 Å². The molecule has 0 atom stereocenters. The van der Waals surface area contributed by atoms with Gasteiger partial charge >= 0.3 is 5.97 Å². The van der Waals surface area contributed by atoms with Gasteiger partial charge in [0.15, 0.2) is 0 Å². The van der Waals surface area contributed by atoms with Crippen LogP contribution in [0.5, 0.6) is 0 Å². The molecule has 0 aliphatic carbocycles. The molecule has 1 rings (SSSR count). The van der Waals surface area contributed by atoms with E-state index in [2.05, 4.69) is 15.9 Å². The third kappa shape index (κ3) is 3.68. The Balaban J connectivity index is 3.03. The first kappa shape index (κ1) is 13.4. The van der Waals surface area contributed by atoms with E-state index in [1.54, 1.807) is 13.0 Å². The van der Waals surface area contributed by atoms with Crippen LogP contribution in [0, 0.1) is 17.1 Å². The number of halogens is 2. The van der Waals surface area contributed by atoms with Crippen LogP contribution >= 0.6 is 15.9 Å². The van der Waals surface area contributed by atoms with E-state index in [1.807, 2.05) is 0 Å². The van der Waals surface area contributed by atoms with Crippen LogP contribution in [0.2, 0.25) is 0 Å². The average molecular weight is 298 g/mol. The Labute approximate surface area is 107 Å². The second kappa shape index (κ2) is 6.16. The molecule has 1 aromatic rings. The van der Waals surface area contributed by atoms with Crippen LogP contribution in [0.4, 0.5) is 4.39 Å². The van der Waals surface area contributed by atoms with Crippen molar-refractivity contribution in [1.29, 1.82) is 5.26 Å². The smallest absolute Gasteiger partial charge is 0.348 e. The molecule has 0 spiro atoms. The monoisotopic (exact) mass is 297 g/mol. The fourth-order valence-electron chi connectivity index (χ4n) is 1.11. The van der Waals surface area contributed by atoms with Gasteiger partial charge in [-0.05, 0) is 46.6 Å². The molecule has 0 bridgehead atoms. The van der Waals surface area contributed by atoms with Gasteiger partial charge in [0.05, 0.1) is 11.1 Å². The molecule has 0 fully saturated rings. The molecule has 0 N–H and O–H groups in total. The highest BCUT2D eigenvalue weighted by Gasteiger charge is 2.10. The largest absolute Gasteiger partial charge is 0.462 e. The molecule has 0 saturated carbocycles. The van der Waals surface area contributed by atoms with Crippen molar-refractivity contribution in [3.63, 3.8) is 0 Å². The van der Waals surface area contributed by atoms with E-state index in [4.69, 9.17) is 10.00 Å². The minimum absolute atomic E-state index is 0.120. The van der Waals surface area contributed by atoms with E-state index in [0.29, 0.717) is 5.56 Å². The molecule has 0 aromatic heterocycles. The highest BCUT2D eigenvalue weighted by molar-refractivity contribution is 9.10. The molecule has 0 amide bonds. The maximum Gasteiger partial charge on any atom is 0.348 e. The molecule has 0 heterocycles. The lowest BCUT2D eigenvalue weighted by molar-refractivity contribution is -0.137. The van der Waals surface area contributed by atoms with Crippen LogP contribution in [0.3, 0.4) is 0 Å². The predicted molar refractivity (Wildman–Crippen MR) is 64.3 cm³/mol. The van der Waals surface area contributed by atoms with Gasteiger partial charge in [-0.2, -0.15) is 5.26 Å². The molecule has 0 radical (unpaired) electrons. The summed E-state index contributed by atoms with van der Waals surface area (Å²) in [4.78, 5) is 11.3. The van der Waals surface area contributed by atoms with Crippen LogP contribution in [0.1, 0.15) is 12.5 Å². The van der Waals surface area contributed by atoms with E-state index in [1.165, 1.54) is 24.3 Å². The van der Waals surface area contributed by atoms with Crippen LogP contribution in [0.25, 0.3) is 6.08 Å². The van der Waals surface area contributed by atoms with Crippen LogP contribution < -0.4 is 0 Å². The molecule has 1 aromatic carbocycles. The molecule has 0 saturated heterocycles. The summed E-state index contributed by atoms with van der Waals surface area (Å²) in [6, 6.07) is 5.94. The summed E-state index contributed by atoms with van der Waals surface area (Å²) in [5.41, 5.74) is 0.424. The first-order valence-electron chi connectivity index (χ1n) is 4.82. The average Bonchev–Trinajstić information content (AvgIpc) is 2.30. The van der Waals surface area contributed by atoms with Gasteiger partial charge in [-0.25, -0.2) is 9.18 Å². The van der Waals surface area contributed by atoms with Gasteiger partial charge in [0.25, 0.3) is 0 Å². The number of nitrogens with zero attached hydrogens (tertiary/aromatic N) is 1. The third-order valence-electron chi connectivity index (χ3n) is 1.87. The molecule has 5 heteroatoms. The van der Waals surface area contributed by atoms with Gasteiger partial charge in [0.1, 0.15) is 17.5 Å². The maximum atomic E-state index is 13.0. The zero-order valence-electron chi connectivity index (χ0n) is 9.04. The van der Waals surface area contributed by atoms with Crippen molar-refractivity contribution >= 4 is 28.0 Å². The molecular weight excluding hydrogens is 289 g/mol. The fourth-order valence-corrected chi connectivity index (χ4v) is 1.51. The highest BCUT2D eigenvalue weighted by Crippen LogP contribution is 2.18. The Hall–Kier alpha value is -1.67. The number of carbonyl (C=O) groups excluding carboxylic acids is 1. The molecule has 0 unspecified atom stereocenters. The van der Waals surface area contributed by atoms with Gasteiger partial charge in [0, 0.05) is 0 Å². The standard InChI is InChI=1S/C12H9BrFNO2/c1-2-17-12(16)9(7-15)5-8-3-4-11(14)10(13)6-8/h3-6H,2H2,1H3/b9-5+. The Morgan fingerprint density at radius 3 is 2.88 bits per heavy atom. The van der Waals surface area contributed by atoms with Gasteiger partial charge in [-0.1, -0.05) is 6.07 Å². The summed E-state index contributed by atoms with van der Waals surface area (Å²) in [5, 5.41) is 8.80. The van der Waals surface area contributed by atoms with Crippen LogP contribution in [-0.2, 0) is 9.53 Å². The lowest BCUT2D eigenvalue weighted by Crippen LogP contribution is -2.05. The van der Waals surface area contributed by atoms with E-state index < -0.39 is 11.8 Å². The molecule has 0 aliphatic heterocycles. The number of ether oxygens (including phenoxy) is 1. The van der Waals surface area contributed by atoms with Gasteiger partial charge < -0.3 is 4.74 Å². The number of hydrogen-bond acceptors (Lipinski definition) is 3. The van der Waals surface area contributed by atoms with Crippen LogP contribution in [-0.4, -0.2) is 12.6 Å². The molecule has 3 nitrogen and oxygen atoms in total. The predicted octanol–water partition coefficient (Wildman–Crippen LogP) is 3.06. The zero-order valence-corrected chi connectivity index (χ0v) is 10.6. The second-order valence-corrected chi connectivity index (χ2v) is 3.92. The van der Waals surface area contributed by atoms with E-state index in [9.17, 15) is 9.18 Å². The van der Waals surface area contributed by atoms with Crippen molar-refractivity contribution in [2.24, 2.45) is 0 Å². The molecule has 17 heavy (non-hydrogen) atoms. The normalized spacial score (nSPS) is 10.8. The van der Waals surface area contributed by atoms with E-state index in [-0.39, 0.29) is 16.7 Å². The number of hydrogen-bond donors (Lipinski definition) is 0. The Morgan fingerprint density at radius 2 is 2.35 bits per heavy atom. The molecule has 88 valence electrons. The molecule has 0 aliphatic rings.